The Morgan fingerprint density at radius 1 is 0.156 bits per heavy atom. The molecule has 0 unspecified atom stereocenters. The number of nitrogens with zero attached hydrogens (tertiary/aromatic N) is 7. The molecule has 0 radical (unpaired) electrons. The number of para-hydroxylation sites is 4. The Kier molecular flexibility index (Phi) is 11.9. The summed E-state index contributed by atoms with van der Waals surface area (Å²) < 4.78 is 9.60. The average molecular weight is 1220 g/mol. The standard InChI is InChI=1S/C89H55N7/c1-2-20-58(21-3-1)87-90-88(65-24-16-26-67(50-65)95-79-32-12-8-28-71(79)75-44-38-63(54-85(75)95)61-40-46-83-77(52-61)73-30-10-14-34-81(73)93(83)69-42-36-56-18-4-6-22-59(56)48-69)92-89(91-87)66-25-17-27-68(51-66)96-80-33-13-9-29-72(80)76-45-39-64(55-86(76)96)62-41-47-84-78(53-62)74-31-11-15-35-82(74)94(84)70-43-37-57-19-5-7-23-60(57)49-70/h1-55H. The van der Waals surface area contributed by atoms with Crippen LogP contribution in [0.25, 0.3) is 188 Å². The van der Waals surface area contributed by atoms with Gasteiger partial charge < -0.3 is 18.3 Å². The fourth-order valence-corrected chi connectivity index (χ4v) is 15.3. The van der Waals surface area contributed by atoms with Gasteiger partial charge in [-0.1, -0.05) is 224 Å². The molecule has 0 aliphatic rings. The number of rotatable bonds is 9. The van der Waals surface area contributed by atoms with Crippen LogP contribution < -0.4 is 0 Å². The maximum atomic E-state index is 5.42. The van der Waals surface area contributed by atoms with Crippen molar-refractivity contribution in [2.75, 3.05) is 0 Å². The lowest BCUT2D eigenvalue weighted by Gasteiger charge is -2.13. The first kappa shape index (κ1) is 53.7. The van der Waals surface area contributed by atoms with Crippen molar-refractivity contribution < 1.29 is 0 Å². The minimum absolute atomic E-state index is 0.586. The van der Waals surface area contributed by atoms with Gasteiger partial charge in [-0.2, -0.15) is 0 Å². The van der Waals surface area contributed by atoms with Crippen LogP contribution in [-0.2, 0) is 0 Å². The van der Waals surface area contributed by atoms with Crippen LogP contribution in [0.3, 0.4) is 0 Å². The second-order valence-electron chi connectivity index (χ2n) is 25.2. The number of hydrogen-bond donors (Lipinski definition) is 0. The molecule has 0 atom stereocenters. The molecule has 0 saturated carbocycles. The summed E-state index contributed by atoms with van der Waals surface area (Å²) in [5, 5.41) is 14.5. The summed E-state index contributed by atoms with van der Waals surface area (Å²) in [4.78, 5) is 16.0. The normalized spacial score (nSPS) is 12.0. The molecular formula is C89H55N7. The molecule has 0 saturated heterocycles. The number of benzene rings is 15. The van der Waals surface area contributed by atoms with E-state index in [0.717, 1.165) is 83.8 Å². The minimum Gasteiger partial charge on any atom is -0.309 e. The smallest absolute Gasteiger partial charge is 0.164 e. The van der Waals surface area contributed by atoms with Gasteiger partial charge in [0.1, 0.15) is 0 Å². The van der Waals surface area contributed by atoms with Crippen LogP contribution in [0.15, 0.2) is 334 Å². The molecule has 446 valence electrons. The van der Waals surface area contributed by atoms with Gasteiger partial charge in [0.05, 0.1) is 44.1 Å². The molecule has 20 aromatic rings. The summed E-state index contributed by atoms with van der Waals surface area (Å²) in [6, 6.07) is 121. The first-order valence-electron chi connectivity index (χ1n) is 32.7. The minimum atomic E-state index is 0.586. The predicted octanol–water partition coefficient (Wildman–Crippen LogP) is 22.9. The molecule has 15 aromatic carbocycles. The van der Waals surface area contributed by atoms with E-state index in [1.54, 1.807) is 0 Å². The Bertz CT molecular complexity index is 6220. The van der Waals surface area contributed by atoms with Gasteiger partial charge in [0.2, 0.25) is 0 Å². The molecule has 7 heteroatoms. The van der Waals surface area contributed by atoms with E-state index in [0.29, 0.717) is 17.5 Å². The highest BCUT2D eigenvalue weighted by Gasteiger charge is 2.22. The van der Waals surface area contributed by atoms with Crippen molar-refractivity contribution in [3.63, 3.8) is 0 Å². The highest BCUT2D eigenvalue weighted by Crippen LogP contribution is 2.43. The lowest BCUT2D eigenvalue weighted by Crippen LogP contribution is -2.02. The summed E-state index contributed by atoms with van der Waals surface area (Å²) in [5.41, 5.74) is 20.8. The molecule has 96 heavy (non-hydrogen) atoms. The van der Waals surface area contributed by atoms with Gasteiger partial charge in [-0.3, -0.25) is 0 Å². The lowest BCUT2D eigenvalue weighted by molar-refractivity contribution is 1.07. The van der Waals surface area contributed by atoms with Gasteiger partial charge in [0, 0.05) is 82.5 Å². The Hall–Kier alpha value is -13.0. The third kappa shape index (κ3) is 8.50. The van der Waals surface area contributed by atoms with Crippen molar-refractivity contribution >= 4 is 109 Å². The van der Waals surface area contributed by atoms with Crippen molar-refractivity contribution in [3.8, 4) is 79.2 Å². The Morgan fingerprint density at radius 2 is 0.469 bits per heavy atom. The monoisotopic (exact) mass is 1220 g/mol. The second kappa shape index (κ2) is 21.3. The van der Waals surface area contributed by atoms with Crippen LogP contribution in [0.1, 0.15) is 0 Å². The molecule has 0 bridgehead atoms. The molecule has 0 aliphatic carbocycles. The lowest BCUT2D eigenvalue weighted by atomic mass is 10.0. The largest absolute Gasteiger partial charge is 0.309 e. The van der Waals surface area contributed by atoms with Gasteiger partial charge >= 0.3 is 0 Å². The first-order valence-corrected chi connectivity index (χ1v) is 32.7. The molecule has 0 amide bonds. The molecule has 5 heterocycles. The van der Waals surface area contributed by atoms with Crippen LogP contribution in [-0.4, -0.2) is 33.2 Å². The average Bonchev–Trinajstić information content (AvgIpc) is 1.59. The van der Waals surface area contributed by atoms with Crippen molar-refractivity contribution in [3.05, 3.63) is 334 Å². The topological polar surface area (TPSA) is 58.4 Å². The van der Waals surface area contributed by atoms with Gasteiger partial charge in [0.15, 0.2) is 17.5 Å². The molecule has 0 fully saturated rings. The van der Waals surface area contributed by atoms with E-state index in [1.165, 1.54) is 86.7 Å². The zero-order valence-electron chi connectivity index (χ0n) is 51.9. The number of fused-ring (bicyclic) bond motifs is 14. The Balaban J connectivity index is 0.690. The molecule has 0 aliphatic heterocycles. The summed E-state index contributed by atoms with van der Waals surface area (Å²) in [6.45, 7) is 0. The van der Waals surface area contributed by atoms with E-state index in [1.807, 2.05) is 18.2 Å². The van der Waals surface area contributed by atoms with Gasteiger partial charge in [-0.05, 0) is 153 Å². The van der Waals surface area contributed by atoms with Crippen molar-refractivity contribution in [2.45, 2.75) is 0 Å². The summed E-state index contributed by atoms with van der Waals surface area (Å²) in [6.07, 6.45) is 0. The molecule has 20 rings (SSSR count). The van der Waals surface area contributed by atoms with E-state index in [4.69, 9.17) is 15.0 Å². The zero-order chi connectivity index (χ0) is 63.0. The van der Waals surface area contributed by atoms with E-state index >= 15 is 0 Å². The third-order valence-corrected chi connectivity index (χ3v) is 19.7. The van der Waals surface area contributed by atoms with Crippen molar-refractivity contribution in [1.82, 2.24) is 33.2 Å². The maximum absolute atomic E-state index is 5.42. The van der Waals surface area contributed by atoms with E-state index in [9.17, 15) is 0 Å². The van der Waals surface area contributed by atoms with Gasteiger partial charge in [-0.25, -0.2) is 15.0 Å². The summed E-state index contributed by atoms with van der Waals surface area (Å²) in [5.74, 6) is 1.77. The first-order chi connectivity index (χ1) is 47.6. The van der Waals surface area contributed by atoms with Crippen molar-refractivity contribution in [2.24, 2.45) is 0 Å². The molecular weight excluding hydrogens is 1170 g/mol. The Morgan fingerprint density at radius 3 is 0.917 bits per heavy atom. The van der Waals surface area contributed by atoms with Crippen LogP contribution in [0.4, 0.5) is 0 Å². The van der Waals surface area contributed by atoms with Gasteiger partial charge in [0.25, 0.3) is 0 Å². The van der Waals surface area contributed by atoms with Crippen LogP contribution in [0, 0.1) is 0 Å². The SMILES string of the molecule is c1ccc(-c2nc(-c3cccc(-n4c5ccccc5c5ccc(-c6ccc7c(c6)c6ccccc6n7-c6ccc7ccccc7c6)cc54)c3)nc(-c3cccc(-n4c5ccccc5c5ccc(-c6ccc7c(c6)c6ccccc6n7-c6ccc7ccccc7c6)cc54)c3)n2)cc1. The van der Waals surface area contributed by atoms with Crippen molar-refractivity contribution in [1.29, 1.82) is 0 Å². The fraction of sp³-hybridized carbons (Fsp3) is 0. The van der Waals surface area contributed by atoms with E-state index in [2.05, 4.69) is 334 Å². The quantitative estimate of drug-likeness (QED) is 0.145. The highest BCUT2D eigenvalue weighted by molar-refractivity contribution is 6.15. The zero-order valence-corrected chi connectivity index (χ0v) is 51.9. The molecule has 0 spiro atoms. The molecule has 7 nitrogen and oxygen atoms in total. The highest BCUT2D eigenvalue weighted by atomic mass is 15.0. The predicted molar refractivity (Wildman–Crippen MR) is 399 cm³/mol. The van der Waals surface area contributed by atoms with Crippen LogP contribution in [0.2, 0.25) is 0 Å². The second-order valence-corrected chi connectivity index (χ2v) is 25.2. The fourth-order valence-electron chi connectivity index (χ4n) is 15.3. The molecule has 5 aromatic heterocycles. The van der Waals surface area contributed by atoms with E-state index in [-0.39, 0.29) is 0 Å². The maximum Gasteiger partial charge on any atom is 0.164 e. The molecule has 0 N–H and O–H groups in total. The van der Waals surface area contributed by atoms with Crippen LogP contribution in [0.5, 0.6) is 0 Å². The van der Waals surface area contributed by atoms with E-state index < -0.39 is 0 Å². The number of hydrogen-bond acceptors (Lipinski definition) is 3. The van der Waals surface area contributed by atoms with Gasteiger partial charge in [-0.15, -0.1) is 0 Å². The summed E-state index contributed by atoms with van der Waals surface area (Å²) >= 11 is 0. The number of aromatic nitrogens is 7. The third-order valence-electron chi connectivity index (χ3n) is 19.7. The Labute approximate surface area is 551 Å². The van der Waals surface area contributed by atoms with Crippen LogP contribution >= 0.6 is 0 Å². The summed E-state index contributed by atoms with van der Waals surface area (Å²) in [7, 11) is 0.